The summed E-state index contributed by atoms with van der Waals surface area (Å²) in [7, 11) is 0. The zero-order valence-corrected chi connectivity index (χ0v) is 9.42. The Balaban J connectivity index is 1.71. The first kappa shape index (κ1) is 10.2. The molecule has 0 bridgehead atoms. The molecule has 2 heterocycles. The van der Waals surface area contributed by atoms with Crippen LogP contribution in [0, 0.1) is 11.8 Å². The predicted octanol–water partition coefficient (Wildman–Crippen LogP) is 1.49. The summed E-state index contributed by atoms with van der Waals surface area (Å²) >= 11 is 0. The van der Waals surface area contributed by atoms with Gasteiger partial charge in [0.25, 0.3) is 0 Å². The minimum absolute atomic E-state index is 0.946. The van der Waals surface area contributed by atoms with Crippen molar-refractivity contribution in [1.29, 1.82) is 0 Å². The van der Waals surface area contributed by atoms with Crippen molar-refractivity contribution in [1.82, 2.24) is 10.2 Å². The zero-order chi connectivity index (χ0) is 9.97. The number of nitrogens with zero attached hydrogens (tertiary/aromatic N) is 1. The Labute approximate surface area is 87.4 Å². The van der Waals surface area contributed by atoms with Gasteiger partial charge in [0.15, 0.2) is 0 Å². The lowest BCUT2D eigenvalue weighted by Gasteiger charge is -2.15. The molecule has 2 nitrogen and oxygen atoms in total. The van der Waals surface area contributed by atoms with Crippen LogP contribution in [0.1, 0.15) is 20.3 Å². The van der Waals surface area contributed by atoms with Crippen LogP contribution in [-0.2, 0) is 0 Å². The van der Waals surface area contributed by atoms with Gasteiger partial charge in [-0.15, -0.1) is 0 Å². The number of rotatable bonds is 3. The lowest BCUT2D eigenvalue weighted by Crippen LogP contribution is -2.26. The molecule has 2 rings (SSSR count). The van der Waals surface area contributed by atoms with Crippen LogP contribution in [0.2, 0.25) is 0 Å². The van der Waals surface area contributed by atoms with E-state index < -0.39 is 0 Å². The van der Waals surface area contributed by atoms with Crippen molar-refractivity contribution >= 4 is 0 Å². The summed E-state index contributed by atoms with van der Waals surface area (Å²) in [4.78, 5) is 2.63. The Bertz CT molecular complexity index is 206. The molecule has 2 atom stereocenters. The fourth-order valence-corrected chi connectivity index (χ4v) is 2.67. The van der Waals surface area contributed by atoms with Crippen LogP contribution < -0.4 is 5.32 Å². The molecule has 0 saturated carbocycles. The molecular weight excluding hydrogens is 172 g/mol. The highest BCUT2D eigenvalue weighted by Crippen LogP contribution is 2.26. The smallest absolute Gasteiger partial charge is 0.00257 e. The highest BCUT2D eigenvalue weighted by atomic mass is 15.2. The third kappa shape index (κ3) is 2.37. The average molecular weight is 194 g/mol. The number of hydrogen-bond acceptors (Lipinski definition) is 2. The lowest BCUT2D eigenvalue weighted by atomic mass is 10.0. The molecule has 2 heteroatoms. The van der Waals surface area contributed by atoms with Crippen molar-refractivity contribution < 1.29 is 0 Å². The van der Waals surface area contributed by atoms with Gasteiger partial charge < -0.3 is 10.2 Å². The van der Waals surface area contributed by atoms with E-state index in [2.05, 4.69) is 30.1 Å². The largest absolute Gasteiger partial charge is 0.316 e. The number of allylic oxidation sites excluding steroid dienone is 1. The molecule has 0 unspecified atom stereocenters. The molecule has 2 aliphatic rings. The summed E-state index contributed by atoms with van der Waals surface area (Å²) in [5.74, 6) is 1.89. The molecule has 0 amide bonds. The van der Waals surface area contributed by atoms with Gasteiger partial charge in [-0.1, -0.05) is 11.6 Å². The second-order valence-corrected chi connectivity index (χ2v) is 5.01. The van der Waals surface area contributed by atoms with Crippen LogP contribution >= 0.6 is 0 Å². The van der Waals surface area contributed by atoms with Crippen molar-refractivity contribution in [2.45, 2.75) is 20.3 Å². The molecule has 0 aromatic heterocycles. The predicted molar refractivity (Wildman–Crippen MR) is 60.3 cm³/mol. The Hall–Kier alpha value is -0.340. The fourth-order valence-electron chi connectivity index (χ4n) is 2.67. The minimum Gasteiger partial charge on any atom is -0.316 e. The molecule has 0 spiro atoms. The van der Waals surface area contributed by atoms with E-state index in [0.717, 1.165) is 11.8 Å². The summed E-state index contributed by atoms with van der Waals surface area (Å²) in [5, 5.41) is 3.48. The molecule has 0 aliphatic carbocycles. The summed E-state index contributed by atoms with van der Waals surface area (Å²) in [6.45, 7) is 10.8. The van der Waals surface area contributed by atoms with E-state index in [9.17, 15) is 0 Å². The summed E-state index contributed by atoms with van der Waals surface area (Å²) < 4.78 is 0. The molecule has 14 heavy (non-hydrogen) atoms. The molecule has 80 valence electrons. The third-order valence-electron chi connectivity index (χ3n) is 3.46. The van der Waals surface area contributed by atoms with E-state index in [0.29, 0.717) is 0 Å². The average Bonchev–Trinajstić information content (AvgIpc) is 2.62. The SMILES string of the molecule is CC(C)=CCCN1C[C@H]2CNC[C@H]2C1. The normalized spacial score (nSPS) is 31.9. The monoisotopic (exact) mass is 194 g/mol. The second kappa shape index (κ2) is 4.45. The highest BCUT2D eigenvalue weighted by Gasteiger charge is 2.35. The van der Waals surface area contributed by atoms with E-state index in [-0.39, 0.29) is 0 Å². The number of hydrogen-bond donors (Lipinski definition) is 1. The summed E-state index contributed by atoms with van der Waals surface area (Å²) in [6.07, 6.45) is 3.58. The molecule has 1 N–H and O–H groups in total. The minimum atomic E-state index is 0.946. The van der Waals surface area contributed by atoms with Gasteiger partial charge in [0, 0.05) is 19.6 Å². The molecule has 2 aliphatic heterocycles. The van der Waals surface area contributed by atoms with Gasteiger partial charge in [-0.05, 0) is 45.2 Å². The van der Waals surface area contributed by atoms with Gasteiger partial charge >= 0.3 is 0 Å². The second-order valence-electron chi connectivity index (χ2n) is 5.01. The topological polar surface area (TPSA) is 15.3 Å². The van der Waals surface area contributed by atoms with Crippen LogP contribution in [-0.4, -0.2) is 37.6 Å². The first-order chi connectivity index (χ1) is 6.75. The molecular formula is C12H22N2. The van der Waals surface area contributed by atoms with Gasteiger partial charge in [-0.3, -0.25) is 0 Å². The van der Waals surface area contributed by atoms with Gasteiger partial charge in [-0.2, -0.15) is 0 Å². The van der Waals surface area contributed by atoms with E-state index in [1.54, 1.807) is 0 Å². The maximum atomic E-state index is 3.48. The molecule has 2 saturated heterocycles. The van der Waals surface area contributed by atoms with Crippen LogP contribution in [0.5, 0.6) is 0 Å². The van der Waals surface area contributed by atoms with Gasteiger partial charge in [0.2, 0.25) is 0 Å². The number of fused-ring (bicyclic) bond motifs is 1. The Morgan fingerprint density at radius 2 is 1.93 bits per heavy atom. The molecule has 0 radical (unpaired) electrons. The third-order valence-corrected chi connectivity index (χ3v) is 3.46. The molecule has 2 fully saturated rings. The fraction of sp³-hybridized carbons (Fsp3) is 0.833. The van der Waals surface area contributed by atoms with Gasteiger partial charge in [-0.25, -0.2) is 0 Å². The van der Waals surface area contributed by atoms with E-state index >= 15 is 0 Å². The Morgan fingerprint density at radius 1 is 1.29 bits per heavy atom. The Kier molecular flexibility index (Phi) is 3.24. The zero-order valence-electron chi connectivity index (χ0n) is 9.42. The number of nitrogens with one attached hydrogen (secondary N) is 1. The highest BCUT2D eigenvalue weighted by molar-refractivity contribution is 4.95. The van der Waals surface area contributed by atoms with Gasteiger partial charge in [0.1, 0.15) is 0 Å². The first-order valence-corrected chi connectivity index (χ1v) is 5.82. The van der Waals surface area contributed by atoms with Crippen molar-refractivity contribution in [3.8, 4) is 0 Å². The van der Waals surface area contributed by atoms with Crippen LogP contribution in [0.4, 0.5) is 0 Å². The van der Waals surface area contributed by atoms with Crippen molar-refractivity contribution in [3.05, 3.63) is 11.6 Å². The molecule has 0 aromatic rings. The van der Waals surface area contributed by atoms with Crippen LogP contribution in [0.3, 0.4) is 0 Å². The molecule has 0 aromatic carbocycles. The van der Waals surface area contributed by atoms with E-state index in [4.69, 9.17) is 0 Å². The van der Waals surface area contributed by atoms with Crippen LogP contribution in [0.15, 0.2) is 11.6 Å². The number of likely N-dealkylation sites (tertiary alicyclic amines) is 1. The quantitative estimate of drug-likeness (QED) is 0.685. The summed E-state index contributed by atoms with van der Waals surface area (Å²) in [5.41, 5.74) is 1.45. The first-order valence-electron chi connectivity index (χ1n) is 5.82. The lowest BCUT2D eigenvalue weighted by molar-refractivity contribution is 0.319. The maximum Gasteiger partial charge on any atom is 0.00257 e. The van der Waals surface area contributed by atoms with Crippen molar-refractivity contribution in [2.75, 3.05) is 32.7 Å². The van der Waals surface area contributed by atoms with E-state index in [1.165, 1.54) is 44.7 Å². The van der Waals surface area contributed by atoms with Crippen molar-refractivity contribution in [3.63, 3.8) is 0 Å². The van der Waals surface area contributed by atoms with Crippen molar-refractivity contribution in [2.24, 2.45) is 11.8 Å². The van der Waals surface area contributed by atoms with Gasteiger partial charge in [0.05, 0.1) is 0 Å². The summed E-state index contributed by atoms with van der Waals surface area (Å²) in [6, 6.07) is 0. The Morgan fingerprint density at radius 3 is 2.50 bits per heavy atom. The van der Waals surface area contributed by atoms with Crippen LogP contribution in [0.25, 0.3) is 0 Å². The standard InChI is InChI=1S/C12H22N2/c1-10(2)4-3-5-14-8-11-6-13-7-12(11)9-14/h4,11-13H,3,5-9H2,1-2H3/t11-,12+. The van der Waals surface area contributed by atoms with E-state index in [1.807, 2.05) is 0 Å². The maximum absolute atomic E-state index is 3.48.